The van der Waals surface area contributed by atoms with Crippen molar-refractivity contribution in [1.29, 1.82) is 0 Å². The summed E-state index contributed by atoms with van der Waals surface area (Å²) < 4.78 is 0. The van der Waals surface area contributed by atoms with E-state index in [4.69, 9.17) is 11.6 Å². The molecule has 0 N–H and O–H groups in total. The lowest BCUT2D eigenvalue weighted by Crippen LogP contribution is -2.14. The Hall–Kier alpha value is -0.610. The van der Waals surface area contributed by atoms with Crippen LogP contribution in [0.3, 0.4) is 0 Å². The highest BCUT2D eigenvalue weighted by Crippen LogP contribution is 2.28. The summed E-state index contributed by atoms with van der Waals surface area (Å²) in [6.45, 7) is 4.14. The van der Waals surface area contributed by atoms with Crippen LogP contribution in [0.2, 0.25) is 5.02 Å². The van der Waals surface area contributed by atoms with Crippen LogP contribution in [0.15, 0.2) is 18.2 Å². The lowest BCUT2D eigenvalue weighted by atomic mass is 9.93. The van der Waals surface area contributed by atoms with Gasteiger partial charge in [-0.2, -0.15) is 0 Å². The standard InChI is InChI=1S/C12H15BrClNO2/c1-3-9(8(2)13)6-10-7-11(14)4-5-12(10)15(16)17/h4-5,7-9H,3,6H2,1-2H3. The van der Waals surface area contributed by atoms with E-state index in [0.717, 1.165) is 6.42 Å². The molecule has 0 aliphatic heterocycles. The molecule has 2 atom stereocenters. The number of nitrogens with zero attached hydrogens (tertiary/aromatic N) is 1. The van der Waals surface area contributed by atoms with E-state index in [1.165, 1.54) is 6.07 Å². The van der Waals surface area contributed by atoms with Gasteiger partial charge in [-0.25, -0.2) is 0 Å². The van der Waals surface area contributed by atoms with Gasteiger partial charge in [0.05, 0.1) is 4.92 Å². The molecular formula is C12H15BrClNO2. The summed E-state index contributed by atoms with van der Waals surface area (Å²) in [7, 11) is 0. The summed E-state index contributed by atoms with van der Waals surface area (Å²) in [6, 6.07) is 4.72. The molecule has 1 rings (SSSR count). The average Bonchev–Trinajstić information content (AvgIpc) is 2.25. The molecule has 0 amide bonds. The molecule has 3 nitrogen and oxygen atoms in total. The van der Waals surface area contributed by atoms with Crippen molar-refractivity contribution < 1.29 is 4.92 Å². The first-order valence-electron chi connectivity index (χ1n) is 5.52. The van der Waals surface area contributed by atoms with Crippen LogP contribution in [0.1, 0.15) is 25.8 Å². The van der Waals surface area contributed by atoms with Crippen LogP contribution in [0, 0.1) is 16.0 Å². The fourth-order valence-corrected chi connectivity index (χ4v) is 2.57. The topological polar surface area (TPSA) is 43.1 Å². The molecule has 0 aromatic heterocycles. The van der Waals surface area contributed by atoms with Gasteiger partial charge >= 0.3 is 0 Å². The number of alkyl halides is 1. The molecule has 1 aromatic rings. The third kappa shape index (κ3) is 3.96. The van der Waals surface area contributed by atoms with Gasteiger partial charge in [-0.05, 0) is 24.5 Å². The minimum atomic E-state index is -0.350. The number of hydrogen-bond donors (Lipinski definition) is 0. The predicted octanol–water partition coefficient (Wildman–Crippen LogP) is 4.60. The lowest BCUT2D eigenvalue weighted by molar-refractivity contribution is -0.385. The second kappa shape index (κ2) is 6.36. The first-order valence-corrected chi connectivity index (χ1v) is 6.82. The van der Waals surface area contributed by atoms with Crippen LogP contribution < -0.4 is 0 Å². The Balaban J connectivity index is 3.03. The molecule has 0 saturated heterocycles. The zero-order valence-corrected chi connectivity index (χ0v) is 12.2. The van der Waals surface area contributed by atoms with Gasteiger partial charge in [0.15, 0.2) is 0 Å². The summed E-state index contributed by atoms with van der Waals surface area (Å²) >= 11 is 9.43. The van der Waals surface area contributed by atoms with Crippen molar-refractivity contribution in [1.82, 2.24) is 0 Å². The third-order valence-corrected chi connectivity index (χ3v) is 3.88. The molecule has 17 heavy (non-hydrogen) atoms. The molecule has 0 aliphatic rings. The number of rotatable bonds is 5. The van der Waals surface area contributed by atoms with E-state index >= 15 is 0 Å². The van der Waals surface area contributed by atoms with E-state index in [-0.39, 0.29) is 10.6 Å². The number of nitro benzene ring substituents is 1. The van der Waals surface area contributed by atoms with Gasteiger partial charge in [0.25, 0.3) is 5.69 Å². The smallest absolute Gasteiger partial charge is 0.258 e. The maximum absolute atomic E-state index is 10.9. The molecule has 0 saturated carbocycles. The molecule has 0 aliphatic carbocycles. The van der Waals surface area contributed by atoms with Crippen molar-refractivity contribution in [2.75, 3.05) is 0 Å². The Morgan fingerprint density at radius 2 is 2.18 bits per heavy atom. The van der Waals surface area contributed by atoms with Crippen LogP contribution >= 0.6 is 27.5 Å². The third-order valence-electron chi connectivity index (χ3n) is 2.89. The molecule has 5 heteroatoms. The van der Waals surface area contributed by atoms with Crippen LogP contribution in [-0.2, 0) is 6.42 Å². The molecule has 0 heterocycles. The first-order chi connectivity index (χ1) is 7.95. The highest BCUT2D eigenvalue weighted by Gasteiger charge is 2.20. The molecule has 0 fully saturated rings. The predicted molar refractivity (Wildman–Crippen MR) is 74.0 cm³/mol. The van der Waals surface area contributed by atoms with Crippen molar-refractivity contribution in [2.24, 2.45) is 5.92 Å². The van der Waals surface area contributed by atoms with E-state index in [1.54, 1.807) is 12.1 Å². The van der Waals surface area contributed by atoms with Crippen molar-refractivity contribution >= 4 is 33.2 Å². The summed E-state index contributed by atoms with van der Waals surface area (Å²) in [5.74, 6) is 0.368. The van der Waals surface area contributed by atoms with Crippen molar-refractivity contribution in [3.8, 4) is 0 Å². The Morgan fingerprint density at radius 3 is 2.65 bits per heavy atom. The Kier molecular flexibility index (Phi) is 5.40. The van der Waals surface area contributed by atoms with E-state index in [0.29, 0.717) is 27.8 Å². The Labute approximate surface area is 114 Å². The summed E-state index contributed by atoms with van der Waals surface area (Å²) in [5.41, 5.74) is 0.863. The van der Waals surface area contributed by atoms with E-state index < -0.39 is 0 Å². The number of hydrogen-bond acceptors (Lipinski definition) is 2. The average molecular weight is 321 g/mol. The molecule has 1 aromatic carbocycles. The monoisotopic (exact) mass is 319 g/mol. The summed E-state index contributed by atoms with van der Waals surface area (Å²) in [5, 5.41) is 11.5. The highest BCUT2D eigenvalue weighted by atomic mass is 79.9. The lowest BCUT2D eigenvalue weighted by Gasteiger charge is -2.17. The van der Waals surface area contributed by atoms with Gasteiger partial charge in [-0.1, -0.05) is 47.8 Å². The Morgan fingerprint density at radius 1 is 1.53 bits per heavy atom. The van der Waals surface area contributed by atoms with E-state index in [1.807, 2.05) is 0 Å². The molecule has 0 bridgehead atoms. The normalized spacial score (nSPS) is 14.4. The summed E-state index contributed by atoms with van der Waals surface area (Å²) in [4.78, 5) is 10.9. The quantitative estimate of drug-likeness (QED) is 0.452. The fourth-order valence-electron chi connectivity index (χ4n) is 1.81. The van der Waals surface area contributed by atoms with Crippen LogP contribution in [0.5, 0.6) is 0 Å². The van der Waals surface area contributed by atoms with E-state index in [2.05, 4.69) is 29.8 Å². The van der Waals surface area contributed by atoms with Crippen molar-refractivity contribution in [3.05, 3.63) is 38.9 Å². The minimum absolute atomic E-state index is 0.154. The fraction of sp³-hybridized carbons (Fsp3) is 0.500. The van der Waals surface area contributed by atoms with Crippen molar-refractivity contribution in [2.45, 2.75) is 31.5 Å². The second-order valence-corrected chi connectivity index (χ2v) is 5.96. The van der Waals surface area contributed by atoms with Gasteiger partial charge < -0.3 is 0 Å². The van der Waals surface area contributed by atoms with Crippen LogP contribution in [-0.4, -0.2) is 9.75 Å². The summed E-state index contributed by atoms with van der Waals surface area (Å²) in [6.07, 6.45) is 1.63. The molecular weight excluding hydrogens is 305 g/mol. The van der Waals surface area contributed by atoms with Gasteiger partial charge in [0.1, 0.15) is 0 Å². The van der Waals surface area contributed by atoms with Crippen LogP contribution in [0.4, 0.5) is 5.69 Å². The number of nitro groups is 1. The maximum atomic E-state index is 10.9. The van der Waals surface area contributed by atoms with Gasteiger partial charge in [-0.15, -0.1) is 0 Å². The van der Waals surface area contributed by atoms with Crippen LogP contribution in [0.25, 0.3) is 0 Å². The van der Waals surface area contributed by atoms with Gasteiger partial charge in [0, 0.05) is 21.5 Å². The zero-order chi connectivity index (χ0) is 13.0. The first kappa shape index (κ1) is 14.5. The maximum Gasteiger partial charge on any atom is 0.272 e. The molecule has 2 unspecified atom stereocenters. The molecule has 0 radical (unpaired) electrons. The molecule has 94 valence electrons. The van der Waals surface area contributed by atoms with Gasteiger partial charge in [-0.3, -0.25) is 10.1 Å². The van der Waals surface area contributed by atoms with Gasteiger partial charge in [0.2, 0.25) is 0 Å². The van der Waals surface area contributed by atoms with Crippen molar-refractivity contribution in [3.63, 3.8) is 0 Å². The number of benzene rings is 1. The number of halogens is 2. The minimum Gasteiger partial charge on any atom is -0.258 e. The Bertz CT molecular complexity index is 409. The molecule has 0 spiro atoms. The largest absolute Gasteiger partial charge is 0.272 e. The second-order valence-electron chi connectivity index (χ2n) is 4.08. The zero-order valence-electron chi connectivity index (χ0n) is 9.82. The highest BCUT2D eigenvalue weighted by molar-refractivity contribution is 9.09. The SMILES string of the molecule is CCC(Cc1cc(Cl)ccc1[N+](=O)[O-])C(C)Br. The van der Waals surface area contributed by atoms with E-state index in [9.17, 15) is 10.1 Å².